The summed E-state index contributed by atoms with van der Waals surface area (Å²) >= 11 is 11.6. The van der Waals surface area contributed by atoms with Gasteiger partial charge in [0, 0.05) is 16.1 Å². The predicted octanol–water partition coefficient (Wildman–Crippen LogP) is 4.29. The number of methoxy groups -OCH3 is 1. The molecule has 0 aromatic heterocycles. The van der Waals surface area contributed by atoms with Crippen molar-refractivity contribution in [3.05, 3.63) is 52.5 Å². The first-order valence-corrected chi connectivity index (χ1v) is 7.74. The number of rotatable bonds is 6. The highest BCUT2D eigenvalue weighted by Crippen LogP contribution is 2.30. The van der Waals surface area contributed by atoms with Crippen LogP contribution in [-0.4, -0.2) is 19.0 Å². The molecule has 0 atom stereocenters. The van der Waals surface area contributed by atoms with Crippen LogP contribution in [0, 0.1) is 0 Å². The molecule has 0 saturated heterocycles. The van der Waals surface area contributed by atoms with Crippen LogP contribution in [0.4, 0.5) is 0 Å². The number of esters is 2. The Bertz CT molecular complexity index is 746. The Morgan fingerprint density at radius 1 is 0.875 bits per heavy atom. The van der Waals surface area contributed by atoms with E-state index in [0.29, 0.717) is 21.5 Å². The molecule has 7 heteroatoms. The minimum Gasteiger partial charge on any atom is -0.493 e. The van der Waals surface area contributed by atoms with Crippen LogP contribution in [0.5, 0.6) is 17.2 Å². The molecule has 0 fully saturated rings. The molecule has 0 bridgehead atoms. The zero-order valence-electron chi connectivity index (χ0n) is 12.8. The van der Waals surface area contributed by atoms with Crippen LogP contribution in [-0.2, 0) is 9.59 Å². The zero-order chi connectivity index (χ0) is 17.5. The van der Waals surface area contributed by atoms with Gasteiger partial charge in [0.05, 0.1) is 20.0 Å². The van der Waals surface area contributed by atoms with Crippen LogP contribution >= 0.6 is 23.2 Å². The summed E-state index contributed by atoms with van der Waals surface area (Å²) in [5.74, 6) is -0.261. The predicted molar refractivity (Wildman–Crippen MR) is 90.0 cm³/mol. The second kappa shape index (κ2) is 8.57. The molecule has 5 nitrogen and oxygen atoms in total. The van der Waals surface area contributed by atoms with Crippen molar-refractivity contribution in [2.24, 2.45) is 0 Å². The van der Waals surface area contributed by atoms with E-state index in [1.54, 1.807) is 24.3 Å². The Balaban J connectivity index is 1.86. The molecule has 0 N–H and O–H groups in total. The maximum atomic E-state index is 11.8. The number of hydrogen-bond donors (Lipinski definition) is 0. The zero-order valence-corrected chi connectivity index (χ0v) is 14.3. The molecule has 2 aromatic rings. The van der Waals surface area contributed by atoms with E-state index in [4.69, 9.17) is 37.4 Å². The molecule has 0 radical (unpaired) electrons. The van der Waals surface area contributed by atoms with Gasteiger partial charge >= 0.3 is 11.9 Å². The van der Waals surface area contributed by atoms with Gasteiger partial charge in [-0.15, -0.1) is 0 Å². The lowest BCUT2D eigenvalue weighted by Crippen LogP contribution is -2.14. The standard InChI is InChI=1S/C17H14Cl2O5/c1-22-15-10-12(19)5-6-14(15)24-17(21)8-7-16(20)23-13-4-2-3-11(18)9-13/h2-6,9-10H,7-8H2,1H3. The number of hydrogen-bond acceptors (Lipinski definition) is 5. The van der Waals surface area contributed by atoms with E-state index < -0.39 is 11.9 Å². The molecule has 0 aliphatic rings. The lowest BCUT2D eigenvalue weighted by molar-refractivity contribution is -0.140. The van der Waals surface area contributed by atoms with Crippen LogP contribution in [0.3, 0.4) is 0 Å². The SMILES string of the molecule is COc1cc(Cl)ccc1OC(=O)CCC(=O)Oc1cccc(Cl)c1. The van der Waals surface area contributed by atoms with Gasteiger partial charge in [-0.25, -0.2) is 0 Å². The van der Waals surface area contributed by atoms with Gasteiger partial charge in [0.2, 0.25) is 0 Å². The summed E-state index contributed by atoms with van der Waals surface area (Å²) in [7, 11) is 1.44. The van der Waals surface area contributed by atoms with Crippen molar-refractivity contribution in [2.45, 2.75) is 12.8 Å². The molecular formula is C17H14Cl2O5. The van der Waals surface area contributed by atoms with Gasteiger partial charge < -0.3 is 14.2 Å². The van der Waals surface area contributed by atoms with Crippen molar-refractivity contribution in [3.8, 4) is 17.2 Å². The summed E-state index contributed by atoms with van der Waals surface area (Å²) in [6.45, 7) is 0. The Labute approximate surface area is 149 Å². The lowest BCUT2D eigenvalue weighted by Gasteiger charge is -2.09. The number of carbonyl (C=O) groups is 2. The van der Waals surface area contributed by atoms with Crippen LogP contribution in [0.25, 0.3) is 0 Å². The highest BCUT2D eigenvalue weighted by Gasteiger charge is 2.14. The maximum Gasteiger partial charge on any atom is 0.311 e. The van der Waals surface area contributed by atoms with Gasteiger partial charge in [0.25, 0.3) is 0 Å². The van der Waals surface area contributed by atoms with E-state index in [1.807, 2.05) is 0 Å². The molecule has 0 spiro atoms. The third-order valence-corrected chi connectivity index (χ3v) is 3.38. The molecule has 0 unspecified atom stereocenters. The molecule has 24 heavy (non-hydrogen) atoms. The Morgan fingerprint density at radius 2 is 1.54 bits per heavy atom. The van der Waals surface area contributed by atoms with E-state index in [2.05, 4.69) is 0 Å². The second-order valence-electron chi connectivity index (χ2n) is 4.70. The van der Waals surface area contributed by atoms with Crippen LogP contribution in [0.2, 0.25) is 10.0 Å². The summed E-state index contributed by atoms with van der Waals surface area (Å²) in [4.78, 5) is 23.6. The van der Waals surface area contributed by atoms with Crippen LogP contribution in [0.1, 0.15) is 12.8 Å². The van der Waals surface area contributed by atoms with E-state index >= 15 is 0 Å². The molecule has 2 rings (SSSR count). The Hall–Kier alpha value is -2.24. The fraction of sp³-hybridized carbons (Fsp3) is 0.176. The monoisotopic (exact) mass is 368 g/mol. The molecule has 2 aromatic carbocycles. The van der Waals surface area contributed by atoms with Crippen LogP contribution in [0.15, 0.2) is 42.5 Å². The Morgan fingerprint density at radius 3 is 2.21 bits per heavy atom. The first kappa shape index (κ1) is 18.1. The van der Waals surface area contributed by atoms with Gasteiger partial charge in [-0.2, -0.15) is 0 Å². The second-order valence-corrected chi connectivity index (χ2v) is 5.57. The highest BCUT2D eigenvalue weighted by molar-refractivity contribution is 6.31. The quantitative estimate of drug-likeness (QED) is 0.562. The number of ether oxygens (including phenoxy) is 3. The van der Waals surface area contributed by atoms with Crippen molar-refractivity contribution >= 4 is 35.1 Å². The Kier molecular flexibility index (Phi) is 6.46. The first-order chi connectivity index (χ1) is 11.5. The fourth-order valence-electron chi connectivity index (χ4n) is 1.82. The van der Waals surface area contributed by atoms with Crippen molar-refractivity contribution < 1.29 is 23.8 Å². The highest BCUT2D eigenvalue weighted by atomic mass is 35.5. The summed E-state index contributed by atoms with van der Waals surface area (Å²) in [5.41, 5.74) is 0. The van der Waals surface area contributed by atoms with E-state index in [9.17, 15) is 9.59 Å². The van der Waals surface area contributed by atoms with Gasteiger partial charge in [0.15, 0.2) is 11.5 Å². The van der Waals surface area contributed by atoms with Crippen molar-refractivity contribution in [3.63, 3.8) is 0 Å². The van der Waals surface area contributed by atoms with E-state index in [1.165, 1.54) is 25.3 Å². The molecule has 0 amide bonds. The molecule has 0 heterocycles. The maximum absolute atomic E-state index is 11.8. The minimum atomic E-state index is -0.585. The topological polar surface area (TPSA) is 61.8 Å². The fourth-order valence-corrected chi connectivity index (χ4v) is 2.16. The third-order valence-electron chi connectivity index (χ3n) is 2.91. The van der Waals surface area contributed by atoms with Gasteiger partial charge in [-0.3, -0.25) is 9.59 Å². The van der Waals surface area contributed by atoms with Crippen molar-refractivity contribution in [1.29, 1.82) is 0 Å². The van der Waals surface area contributed by atoms with Gasteiger partial charge in [0.1, 0.15) is 5.75 Å². The average Bonchev–Trinajstić information content (AvgIpc) is 2.54. The number of carbonyl (C=O) groups excluding carboxylic acids is 2. The van der Waals surface area contributed by atoms with Gasteiger partial charge in [-0.05, 0) is 30.3 Å². The van der Waals surface area contributed by atoms with E-state index in [-0.39, 0.29) is 18.6 Å². The summed E-state index contributed by atoms with van der Waals surface area (Å²) in [6, 6.07) is 11.0. The first-order valence-electron chi connectivity index (χ1n) is 6.98. The van der Waals surface area contributed by atoms with Crippen LogP contribution < -0.4 is 14.2 Å². The van der Waals surface area contributed by atoms with Gasteiger partial charge in [-0.1, -0.05) is 29.3 Å². The number of benzene rings is 2. The largest absolute Gasteiger partial charge is 0.493 e. The van der Waals surface area contributed by atoms with Crippen molar-refractivity contribution in [2.75, 3.05) is 7.11 Å². The lowest BCUT2D eigenvalue weighted by atomic mass is 10.3. The molecular weight excluding hydrogens is 355 g/mol. The molecule has 0 aliphatic carbocycles. The normalized spacial score (nSPS) is 10.1. The smallest absolute Gasteiger partial charge is 0.311 e. The third kappa shape index (κ3) is 5.44. The average molecular weight is 369 g/mol. The number of halogens is 2. The van der Waals surface area contributed by atoms with Crippen molar-refractivity contribution in [1.82, 2.24) is 0 Å². The molecule has 0 aliphatic heterocycles. The van der Waals surface area contributed by atoms with E-state index in [0.717, 1.165) is 0 Å². The molecule has 126 valence electrons. The summed E-state index contributed by atoms with van der Waals surface area (Å²) in [6.07, 6.45) is -0.258. The molecule has 0 saturated carbocycles. The summed E-state index contributed by atoms with van der Waals surface area (Å²) in [5, 5.41) is 0.909. The minimum absolute atomic E-state index is 0.124. The summed E-state index contributed by atoms with van der Waals surface area (Å²) < 4.78 is 15.3.